The van der Waals surface area contributed by atoms with E-state index in [1.54, 1.807) is 31.2 Å². The van der Waals surface area contributed by atoms with Gasteiger partial charge in [-0.1, -0.05) is 38.5 Å². The third-order valence-electron chi connectivity index (χ3n) is 5.72. The van der Waals surface area contributed by atoms with Crippen molar-refractivity contribution in [2.75, 3.05) is 0 Å². The molecule has 1 aliphatic rings. The maximum Gasteiger partial charge on any atom is 0.387 e. The lowest BCUT2D eigenvalue weighted by atomic mass is 9.75. The minimum Gasteiger partial charge on any atom is -0.478 e. The molecule has 1 unspecified atom stereocenters. The summed E-state index contributed by atoms with van der Waals surface area (Å²) in [5.74, 6) is -0.613. The van der Waals surface area contributed by atoms with Gasteiger partial charge in [-0.2, -0.15) is 8.78 Å². The predicted octanol–water partition coefficient (Wildman–Crippen LogP) is 6.26. The molecule has 27 heavy (non-hydrogen) atoms. The number of aromatic carboxylic acids is 1. The number of carboxylic acid groups (broad SMARTS) is 1. The van der Waals surface area contributed by atoms with Crippen molar-refractivity contribution >= 4 is 5.97 Å². The Kier molecular flexibility index (Phi) is 5.22. The average Bonchev–Trinajstić information content (AvgIpc) is 2.95. The van der Waals surface area contributed by atoms with Gasteiger partial charge < -0.3 is 9.84 Å². The highest BCUT2D eigenvalue weighted by molar-refractivity contribution is 5.89. The van der Waals surface area contributed by atoms with Gasteiger partial charge in [-0.05, 0) is 71.6 Å². The van der Waals surface area contributed by atoms with Crippen LogP contribution in [0.1, 0.15) is 60.5 Å². The van der Waals surface area contributed by atoms with Crippen LogP contribution in [0.3, 0.4) is 0 Å². The molecule has 1 aliphatic carbocycles. The van der Waals surface area contributed by atoms with Crippen molar-refractivity contribution in [2.45, 2.75) is 52.6 Å². The quantitative estimate of drug-likeness (QED) is 0.672. The highest BCUT2D eigenvalue weighted by atomic mass is 19.3. The standard InChI is InChI=1S/C22H24F2O3/c1-13-15(6-4-8-19(13)27-21(23)24)16-10-9-14(20(25)26)12-17(16)18-7-5-11-22(18,2)3/h4,6,8-10,12,18,21H,5,7,11H2,1-3H3,(H,25,26). The Morgan fingerprint density at radius 3 is 2.56 bits per heavy atom. The maximum atomic E-state index is 12.7. The van der Waals surface area contributed by atoms with E-state index in [4.69, 9.17) is 0 Å². The Morgan fingerprint density at radius 2 is 1.96 bits per heavy atom. The van der Waals surface area contributed by atoms with Gasteiger partial charge in [0.05, 0.1) is 5.56 Å². The van der Waals surface area contributed by atoms with Gasteiger partial charge in [-0.15, -0.1) is 0 Å². The third kappa shape index (κ3) is 3.82. The van der Waals surface area contributed by atoms with E-state index in [1.807, 2.05) is 6.07 Å². The molecule has 3 nitrogen and oxygen atoms in total. The second-order valence-corrected chi connectivity index (χ2v) is 7.85. The maximum absolute atomic E-state index is 12.7. The molecule has 3 rings (SSSR count). The molecule has 1 fully saturated rings. The van der Waals surface area contributed by atoms with E-state index >= 15 is 0 Å². The first-order valence-corrected chi connectivity index (χ1v) is 9.13. The number of rotatable bonds is 5. The van der Waals surface area contributed by atoms with Crippen LogP contribution in [0.25, 0.3) is 11.1 Å². The number of hydrogen-bond acceptors (Lipinski definition) is 2. The topological polar surface area (TPSA) is 46.5 Å². The summed E-state index contributed by atoms with van der Waals surface area (Å²) in [7, 11) is 0. The molecule has 144 valence electrons. The molecule has 0 heterocycles. The molecule has 0 aromatic heterocycles. The Labute approximate surface area is 158 Å². The van der Waals surface area contributed by atoms with Gasteiger partial charge in [0.15, 0.2) is 0 Å². The minimum atomic E-state index is -2.89. The molecule has 0 radical (unpaired) electrons. The Balaban J connectivity index is 2.17. The van der Waals surface area contributed by atoms with Crippen LogP contribution in [0.4, 0.5) is 8.78 Å². The molecular weight excluding hydrogens is 350 g/mol. The first-order valence-electron chi connectivity index (χ1n) is 9.13. The molecule has 0 bridgehead atoms. The zero-order valence-corrected chi connectivity index (χ0v) is 15.8. The van der Waals surface area contributed by atoms with E-state index in [9.17, 15) is 18.7 Å². The summed E-state index contributed by atoms with van der Waals surface area (Å²) >= 11 is 0. The molecule has 1 N–H and O–H groups in total. The number of halogens is 2. The van der Waals surface area contributed by atoms with Gasteiger partial charge in [0, 0.05) is 0 Å². The van der Waals surface area contributed by atoms with Crippen LogP contribution in [-0.2, 0) is 0 Å². The fraction of sp³-hybridized carbons (Fsp3) is 0.409. The van der Waals surface area contributed by atoms with Gasteiger partial charge in [0.2, 0.25) is 0 Å². The monoisotopic (exact) mass is 374 g/mol. The summed E-state index contributed by atoms with van der Waals surface area (Å²) < 4.78 is 30.1. The molecule has 1 saturated carbocycles. The summed E-state index contributed by atoms with van der Waals surface area (Å²) in [5, 5.41) is 9.44. The van der Waals surface area contributed by atoms with Crippen LogP contribution < -0.4 is 4.74 Å². The fourth-order valence-electron chi connectivity index (χ4n) is 4.26. The summed E-state index contributed by atoms with van der Waals surface area (Å²) in [6.45, 7) is 3.26. The summed E-state index contributed by atoms with van der Waals surface area (Å²) in [6.07, 6.45) is 3.14. The molecule has 0 saturated heterocycles. The Morgan fingerprint density at radius 1 is 1.22 bits per heavy atom. The van der Waals surface area contributed by atoms with Crippen LogP contribution in [0.5, 0.6) is 5.75 Å². The Bertz CT molecular complexity index is 859. The zero-order valence-electron chi connectivity index (χ0n) is 15.8. The third-order valence-corrected chi connectivity index (χ3v) is 5.72. The summed E-state index contributed by atoms with van der Waals surface area (Å²) in [5.41, 5.74) is 3.57. The van der Waals surface area contributed by atoms with Crippen molar-refractivity contribution in [1.29, 1.82) is 0 Å². The second-order valence-electron chi connectivity index (χ2n) is 7.85. The molecule has 0 aliphatic heterocycles. The SMILES string of the molecule is Cc1c(OC(F)F)cccc1-c1ccc(C(=O)O)cc1C1CCCC1(C)C. The summed E-state index contributed by atoms with van der Waals surface area (Å²) in [4.78, 5) is 11.5. The lowest BCUT2D eigenvalue weighted by Crippen LogP contribution is -2.17. The smallest absolute Gasteiger partial charge is 0.387 e. The normalized spacial score (nSPS) is 18.7. The Hall–Kier alpha value is -2.43. The van der Waals surface area contributed by atoms with Gasteiger partial charge in [-0.3, -0.25) is 0 Å². The number of ether oxygens (including phenoxy) is 1. The first kappa shape index (κ1) is 19.3. The largest absolute Gasteiger partial charge is 0.478 e. The van der Waals surface area contributed by atoms with Crippen LogP contribution >= 0.6 is 0 Å². The highest BCUT2D eigenvalue weighted by Gasteiger charge is 2.37. The number of carbonyl (C=O) groups is 1. The van der Waals surface area contributed by atoms with Crippen molar-refractivity contribution in [3.8, 4) is 16.9 Å². The highest BCUT2D eigenvalue weighted by Crippen LogP contribution is 2.51. The fourth-order valence-corrected chi connectivity index (χ4v) is 4.26. The molecule has 5 heteroatoms. The van der Waals surface area contributed by atoms with E-state index in [0.717, 1.165) is 36.0 Å². The van der Waals surface area contributed by atoms with Gasteiger partial charge in [0.25, 0.3) is 0 Å². The van der Waals surface area contributed by atoms with Crippen molar-refractivity contribution < 1.29 is 23.4 Å². The van der Waals surface area contributed by atoms with Crippen LogP contribution in [-0.4, -0.2) is 17.7 Å². The molecular formula is C22H24F2O3. The van der Waals surface area contributed by atoms with E-state index in [1.165, 1.54) is 6.07 Å². The van der Waals surface area contributed by atoms with Crippen molar-refractivity contribution in [3.05, 3.63) is 53.1 Å². The van der Waals surface area contributed by atoms with Crippen LogP contribution in [0.15, 0.2) is 36.4 Å². The number of carboxylic acids is 1. The van der Waals surface area contributed by atoms with Crippen LogP contribution in [0.2, 0.25) is 0 Å². The van der Waals surface area contributed by atoms with Crippen molar-refractivity contribution in [2.24, 2.45) is 5.41 Å². The minimum absolute atomic E-state index is 0.0524. The number of benzene rings is 2. The van der Waals surface area contributed by atoms with Crippen molar-refractivity contribution in [1.82, 2.24) is 0 Å². The van der Waals surface area contributed by atoms with Crippen molar-refractivity contribution in [3.63, 3.8) is 0 Å². The van der Waals surface area contributed by atoms with E-state index in [2.05, 4.69) is 18.6 Å². The first-order chi connectivity index (χ1) is 12.7. The molecule has 0 spiro atoms. The second kappa shape index (κ2) is 7.29. The lowest BCUT2D eigenvalue weighted by molar-refractivity contribution is -0.0502. The number of hydrogen-bond donors (Lipinski definition) is 1. The zero-order chi connectivity index (χ0) is 19.8. The molecule has 0 amide bonds. The van der Waals surface area contributed by atoms with E-state index in [-0.39, 0.29) is 22.6 Å². The van der Waals surface area contributed by atoms with Gasteiger partial charge in [-0.25, -0.2) is 4.79 Å². The van der Waals surface area contributed by atoms with Crippen LogP contribution in [0, 0.1) is 12.3 Å². The predicted molar refractivity (Wildman–Crippen MR) is 101 cm³/mol. The average molecular weight is 374 g/mol. The lowest BCUT2D eigenvalue weighted by Gasteiger charge is -2.30. The molecule has 1 atom stereocenters. The number of alkyl halides is 2. The molecule has 2 aromatic rings. The molecule has 2 aromatic carbocycles. The van der Waals surface area contributed by atoms with E-state index < -0.39 is 12.6 Å². The van der Waals surface area contributed by atoms with Gasteiger partial charge in [0.1, 0.15) is 5.75 Å². The summed E-state index contributed by atoms with van der Waals surface area (Å²) in [6, 6.07) is 10.2. The van der Waals surface area contributed by atoms with Gasteiger partial charge >= 0.3 is 12.6 Å². The van der Waals surface area contributed by atoms with E-state index in [0.29, 0.717) is 5.56 Å².